The molecular weight excluding hydrogens is 376 g/mol. The molecule has 0 heterocycles. The van der Waals surface area contributed by atoms with Crippen molar-refractivity contribution in [1.29, 1.82) is 0 Å². The molecule has 0 spiro atoms. The Hall–Kier alpha value is -2.87. The van der Waals surface area contributed by atoms with Gasteiger partial charge in [0.25, 0.3) is 10.9 Å². The highest BCUT2D eigenvalue weighted by molar-refractivity contribution is 6.31. The Morgan fingerprint density at radius 1 is 0.808 bits per heavy atom. The summed E-state index contributed by atoms with van der Waals surface area (Å²) in [5.41, 5.74) is -2.81. The Morgan fingerprint density at radius 3 is 1.85 bits per heavy atom. The lowest BCUT2D eigenvalue weighted by atomic mass is 10.1. The first-order valence-electron chi connectivity index (χ1n) is 7.16. The Morgan fingerprint density at radius 2 is 1.31 bits per heavy atom. The topological polar surface area (TPSA) is 58.2 Å². The highest BCUT2D eigenvalue weighted by Gasteiger charge is 2.33. The van der Waals surface area contributed by atoms with E-state index in [9.17, 15) is 27.2 Å². The zero-order valence-electron chi connectivity index (χ0n) is 12.7. The summed E-state index contributed by atoms with van der Waals surface area (Å²) in [5, 5.41) is 4.65. The van der Waals surface area contributed by atoms with Crippen molar-refractivity contribution >= 4 is 34.4 Å². The van der Waals surface area contributed by atoms with Crippen molar-refractivity contribution < 1.29 is 17.6 Å². The molecule has 9 heteroatoms. The third kappa shape index (κ3) is 3.41. The fourth-order valence-corrected chi connectivity index (χ4v) is 2.50. The van der Waals surface area contributed by atoms with Crippen LogP contribution in [-0.4, -0.2) is 0 Å². The standard InChI is InChI=1S/C17H9ClF4N2O2/c18-12-6-5-10(7-11(12)17(20,21)22)24-14-13(15(25)16(14)26)23-9-3-1-8(19)2-4-9/h1-7,23-24H. The smallest absolute Gasteiger partial charge is 0.350 e. The molecule has 0 aromatic heterocycles. The normalized spacial score (nSPS) is 11.6. The fraction of sp³-hybridized carbons (Fsp3) is 0.0588. The molecule has 26 heavy (non-hydrogen) atoms. The molecule has 0 aliphatic heterocycles. The van der Waals surface area contributed by atoms with E-state index in [4.69, 9.17) is 11.6 Å². The van der Waals surface area contributed by atoms with E-state index in [1.54, 1.807) is 0 Å². The second-order valence-corrected chi connectivity index (χ2v) is 5.76. The van der Waals surface area contributed by atoms with Crippen molar-refractivity contribution in [2.45, 2.75) is 6.18 Å². The maximum Gasteiger partial charge on any atom is 0.417 e. The van der Waals surface area contributed by atoms with Gasteiger partial charge in [-0.1, -0.05) is 11.6 Å². The molecule has 3 aromatic carbocycles. The van der Waals surface area contributed by atoms with Gasteiger partial charge in [0.05, 0.1) is 10.6 Å². The van der Waals surface area contributed by atoms with Crippen molar-refractivity contribution in [3.63, 3.8) is 0 Å². The zero-order chi connectivity index (χ0) is 19.1. The maximum absolute atomic E-state index is 12.9. The Kier molecular flexibility index (Phi) is 4.45. The Bertz CT molecular complexity index is 1040. The van der Waals surface area contributed by atoms with Gasteiger partial charge in [-0.05, 0) is 42.5 Å². The summed E-state index contributed by atoms with van der Waals surface area (Å²) in [6.45, 7) is 0. The molecule has 3 rings (SSSR count). The van der Waals surface area contributed by atoms with Crippen LogP contribution >= 0.6 is 11.6 Å². The van der Waals surface area contributed by atoms with Gasteiger partial charge in [0.1, 0.15) is 17.2 Å². The SMILES string of the molecule is O=c1c(Nc2ccc(F)cc2)c(Nc2ccc(Cl)c(C(F)(F)F)c2)c1=O. The average molecular weight is 385 g/mol. The van der Waals surface area contributed by atoms with E-state index < -0.39 is 33.4 Å². The maximum atomic E-state index is 12.9. The molecule has 0 aliphatic rings. The van der Waals surface area contributed by atoms with E-state index in [0.717, 1.165) is 24.3 Å². The molecule has 0 fully saturated rings. The van der Waals surface area contributed by atoms with E-state index in [-0.39, 0.29) is 17.1 Å². The molecule has 0 radical (unpaired) electrons. The van der Waals surface area contributed by atoms with E-state index in [1.165, 1.54) is 18.2 Å². The largest absolute Gasteiger partial charge is 0.417 e. The van der Waals surface area contributed by atoms with E-state index in [1.807, 2.05) is 0 Å². The van der Waals surface area contributed by atoms with Gasteiger partial charge in [0.2, 0.25) is 0 Å². The van der Waals surface area contributed by atoms with Crippen molar-refractivity contribution in [3.05, 3.63) is 79.3 Å². The van der Waals surface area contributed by atoms with Gasteiger partial charge in [-0.15, -0.1) is 0 Å². The number of hydrogen-bond donors (Lipinski definition) is 2. The number of alkyl halides is 3. The molecule has 3 aromatic rings. The number of rotatable bonds is 4. The van der Waals surface area contributed by atoms with Crippen LogP contribution in [-0.2, 0) is 6.18 Å². The summed E-state index contributed by atoms with van der Waals surface area (Å²) in [7, 11) is 0. The zero-order valence-corrected chi connectivity index (χ0v) is 13.5. The van der Waals surface area contributed by atoms with Crippen LogP contribution < -0.4 is 21.5 Å². The van der Waals surface area contributed by atoms with Crippen LogP contribution in [0.5, 0.6) is 0 Å². The van der Waals surface area contributed by atoms with Crippen LogP contribution in [0.3, 0.4) is 0 Å². The number of nitrogens with one attached hydrogen (secondary N) is 2. The molecule has 4 nitrogen and oxygen atoms in total. The minimum atomic E-state index is -4.67. The molecule has 0 atom stereocenters. The molecule has 0 saturated carbocycles. The number of hydrogen-bond acceptors (Lipinski definition) is 4. The fourth-order valence-electron chi connectivity index (χ4n) is 2.27. The Balaban J connectivity index is 1.90. The summed E-state index contributed by atoms with van der Waals surface area (Å²) in [4.78, 5) is 23.5. The second-order valence-electron chi connectivity index (χ2n) is 5.36. The summed E-state index contributed by atoms with van der Waals surface area (Å²) >= 11 is 5.54. The molecule has 0 bridgehead atoms. The van der Waals surface area contributed by atoms with Crippen LogP contribution in [0.4, 0.5) is 40.3 Å². The molecule has 0 amide bonds. The summed E-state index contributed by atoms with van der Waals surface area (Å²) in [6.07, 6.45) is -4.67. The lowest BCUT2D eigenvalue weighted by Crippen LogP contribution is -2.35. The van der Waals surface area contributed by atoms with Gasteiger partial charge >= 0.3 is 6.18 Å². The minimum absolute atomic E-state index is 0.0593. The van der Waals surface area contributed by atoms with Crippen LogP contribution in [0.15, 0.2) is 52.1 Å². The van der Waals surface area contributed by atoms with E-state index in [2.05, 4.69) is 10.6 Å². The first kappa shape index (κ1) is 17.9. The quantitative estimate of drug-likeness (QED) is 0.510. The summed E-state index contributed by atoms with van der Waals surface area (Å²) in [6, 6.07) is 8.01. The van der Waals surface area contributed by atoms with Crippen LogP contribution in [0.2, 0.25) is 5.02 Å². The predicted molar refractivity (Wildman–Crippen MR) is 90.8 cm³/mol. The Labute approximate surface area is 148 Å². The highest BCUT2D eigenvalue weighted by atomic mass is 35.5. The highest BCUT2D eigenvalue weighted by Crippen LogP contribution is 2.37. The first-order valence-corrected chi connectivity index (χ1v) is 7.54. The van der Waals surface area contributed by atoms with Gasteiger partial charge in [-0.3, -0.25) is 9.59 Å². The number of halogens is 5. The van der Waals surface area contributed by atoms with E-state index in [0.29, 0.717) is 5.69 Å². The minimum Gasteiger partial charge on any atom is -0.350 e. The van der Waals surface area contributed by atoms with Crippen LogP contribution in [0.25, 0.3) is 0 Å². The molecule has 2 N–H and O–H groups in total. The third-order valence-corrected chi connectivity index (χ3v) is 3.89. The molecule has 134 valence electrons. The summed E-state index contributed by atoms with van der Waals surface area (Å²) < 4.78 is 51.6. The van der Waals surface area contributed by atoms with Gasteiger partial charge in [0.15, 0.2) is 0 Å². The van der Waals surface area contributed by atoms with E-state index >= 15 is 0 Å². The molecule has 0 aliphatic carbocycles. The predicted octanol–water partition coefficient (Wildman–Crippen LogP) is 4.58. The first-order chi connectivity index (χ1) is 12.2. The van der Waals surface area contributed by atoms with Crippen molar-refractivity contribution in [3.8, 4) is 0 Å². The van der Waals surface area contributed by atoms with Crippen LogP contribution in [0.1, 0.15) is 5.56 Å². The summed E-state index contributed by atoms with van der Waals surface area (Å²) in [5.74, 6) is -0.486. The van der Waals surface area contributed by atoms with Gasteiger partial charge in [-0.2, -0.15) is 13.2 Å². The third-order valence-electron chi connectivity index (χ3n) is 3.57. The van der Waals surface area contributed by atoms with Crippen molar-refractivity contribution in [2.24, 2.45) is 0 Å². The van der Waals surface area contributed by atoms with Gasteiger partial charge in [0, 0.05) is 11.4 Å². The van der Waals surface area contributed by atoms with Crippen LogP contribution in [0, 0.1) is 5.82 Å². The lowest BCUT2D eigenvalue weighted by molar-refractivity contribution is -0.137. The van der Waals surface area contributed by atoms with Gasteiger partial charge < -0.3 is 10.6 Å². The monoisotopic (exact) mass is 384 g/mol. The molecule has 0 unspecified atom stereocenters. The molecular formula is C17H9ClF4N2O2. The second kappa shape index (κ2) is 6.45. The van der Waals surface area contributed by atoms with Crippen molar-refractivity contribution in [2.75, 3.05) is 10.6 Å². The molecule has 0 saturated heterocycles. The average Bonchev–Trinajstić information content (AvgIpc) is 2.59. The lowest BCUT2D eigenvalue weighted by Gasteiger charge is -2.16. The number of benzene rings is 2. The van der Waals surface area contributed by atoms with Crippen molar-refractivity contribution in [1.82, 2.24) is 0 Å². The number of anilines is 4. The van der Waals surface area contributed by atoms with Gasteiger partial charge in [-0.25, -0.2) is 4.39 Å².